The van der Waals surface area contributed by atoms with Crippen molar-refractivity contribution in [3.05, 3.63) is 29.3 Å². The largest absolute Gasteiger partial charge is 0.386 e. The molecule has 0 unspecified atom stereocenters. The molecule has 0 aliphatic carbocycles. The number of ketones is 1. The van der Waals surface area contributed by atoms with Crippen molar-refractivity contribution in [2.75, 3.05) is 0 Å². The molecule has 0 spiro atoms. The van der Waals surface area contributed by atoms with Gasteiger partial charge in [0.2, 0.25) is 0 Å². The zero-order valence-corrected chi connectivity index (χ0v) is 19.2. The normalized spacial score (nSPS) is 12.7. The average Bonchev–Trinajstić information content (AvgIpc) is 2.82. The number of benzene rings is 1. The van der Waals surface area contributed by atoms with E-state index in [1.54, 1.807) is 26.0 Å². The van der Waals surface area contributed by atoms with Gasteiger partial charge in [0.25, 0.3) is 0 Å². The number of halogens is 1. The lowest BCUT2D eigenvalue weighted by molar-refractivity contribution is -0.120. The number of carbonyl (C=O) groups excluding carboxylic acids is 1. The van der Waals surface area contributed by atoms with Gasteiger partial charge in [0, 0.05) is 23.9 Å². The fourth-order valence-electron chi connectivity index (χ4n) is 3.25. The number of imidazole rings is 1. The minimum absolute atomic E-state index is 0.174. The van der Waals surface area contributed by atoms with Crippen molar-refractivity contribution >= 4 is 16.8 Å². The monoisotopic (exact) mass is 392 g/mol. The highest BCUT2D eigenvalue weighted by Crippen LogP contribution is 2.32. The van der Waals surface area contributed by atoms with E-state index in [-0.39, 0.29) is 16.8 Å². The minimum Gasteiger partial charge on any atom is -0.386 e. The van der Waals surface area contributed by atoms with Gasteiger partial charge in [-0.15, -0.1) is 0 Å². The lowest BCUT2D eigenvalue weighted by Crippen LogP contribution is -2.24. The Kier molecular flexibility index (Phi) is 7.22. The van der Waals surface area contributed by atoms with E-state index in [2.05, 4.69) is 25.8 Å². The van der Waals surface area contributed by atoms with Crippen molar-refractivity contribution in [2.45, 2.75) is 93.2 Å². The van der Waals surface area contributed by atoms with Crippen LogP contribution in [0.25, 0.3) is 11.0 Å². The summed E-state index contributed by atoms with van der Waals surface area (Å²) in [7, 11) is 0. The molecule has 0 bridgehead atoms. The Bertz CT molecular complexity index is 831. The molecule has 0 saturated carbocycles. The van der Waals surface area contributed by atoms with Crippen molar-refractivity contribution in [3.63, 3.8) is 0 Å². The van der Waals surface area contributed by atoms with Gasteiger partial charge in [-0.1, -0.05) is 33.8 Å². The van der Waals surface area contributed by atoms with Gasteiger partial charge in [-0.05, 0) is 53.0 Å². The number of hydrogen-bond donors (Lipinski definition) is 1. The zero-order chi connectivity index (χ0) is 22.1. The molecular formula is C23H37FN2O2. The van der Waals surface area contributed by atoms with Gasteiger partial charge >= 0.3 is 0 Å². The van der Waals surface area contributed by atoms with Crippen molar-refractivity contribution in [1.29, 1.82) is 0 Å². The van der Waals surface area contributed by atoms with Crippen LogP contribution in [-0.4, -0.2) is 20.4 Å². The third kappa shape index (κ3) is 6.13. The number of fused-ring (bicyclic) bond motifs is 1. The molecule has 0 aliphatic rings. The average molecular weight is 393 g/mol. The molecule has 5 heteroatoms. The summed E-state index contributed by atoms with van der Waals surface area (Å²) in [5.41, 5.74) is 0.0809. The predicted octanol–water partition coefficient (Wildman–Crippen LogP) is 5.87. The van der Waals surface area contributed by atoms with E-state index in [0.717, 1.165) is 5.82 Å². The highest BCUT2D eigenvalue weighted by Gasteiger charge is 2.27. The van der Waals surface area contributed by atoms with Gasteiger partial charge < -0.3 is 9.67 Å². The van der Waals surface area contributed by atoms with Gasteiger partial charge in [0.05, 0.1) is 11.1 Å². The Morgan fingerprint density at radius 1 is 1.11 bits per heavy atom. The molecule has 1 aromatic carbocycles. The lowest BCUT2D eigenvalue weighted by Gasteiger charge is -2.25. The van der Waals surface area contributed by atoms with Gasteiger partial charge in [0.15, 0.2) is 5.82 Å². The topological polar surface area (TPSA) is 55.1 Å². The number of nitrogens with zero attached hydrogens (tertiary/aromatic N) is 2. The SMILES string of the molecule is CCC(=O)CC(C)(C)C.Cc1nc2ccc(C(C)(C)O)c(F)c2n1C(C)(C)C. The molecule has 0 radical (unpaired) electrons. The maximum Gasteiger partial charge on any atom is 0.155 e. The summed E-state index contributed by atoms with van der Waals surface area (Å²) < 4.78 is 16.6. The Labute approximate surface area is 169 Å². The molecule has 1 N–H and O–H groups in total. The summed E-state index contributed by atoms with van der Waals surface area (Å²) in [5, 5.41) is 10.1. The first-order valence-electron chi connectivity index (χ1n) is 9.91. The molecular weight excluding hydrogens is 355 g/mol. The Morgan fingerprint density at radius 2 is 1.64 bits per heavy atom. The molecule has 2 aromatic rings. The number of Topliss-reactive ketones (excluding diaryl/α,β-unsaturated/α-hetero) is 1. The van der Waals surface area contributed by atoms with Gasteiger partial charge in [0.1, 0.15) is 17.1 Å². The number of hydrogen-bond acceptors (Lipinski definition) is 3. The summed E-state index contributed by atoms with van der Waals surface area (Å²) in [6.45, 7) is 19.2. The van der Waals surface area contributed by atoms with E-state index in [4.69, 9.17) is 0 Å². The van der Waals surface area contributed by atoms with Gasteiger partial charge in [-0.2, -0.15) is 0 Å². The van der Waals surface area contributed by atoms with E-state index in [1.165, 1.54) is 0 Å². The molecule has 158 valence electrons. The van der Waals surface area contributed by atoms with Crippen LogP contribution in [0.2, 0.25) is 0 Å². The highest BCUT2D eigenvalue weighted by molar-refractivity contribution is 5.79. The molecule has 0 saturated heterocycles. The fourth-order valence-corrected chi connectivity index (χ4v) is 3.25. The van der Waals surface area contributed by atoms with Crippen molar-refractivity contribution in [1.82, 2.24) is 9.55 Å². The smallest absolute Gasteiger partial charge is 0.155 e. The summed E-state index contributed by atoms with van der Waals surface area (Å²) in [4.78, 5) is 15.2. The van der Waals surface area contributed by atoms with Crippen LogP contribution in [0.1, 0.15) is 86.5 Å². The molecule has 1 aromatic heterocycles. The highest BCUT2D eigenvalue weighted by atomic mass is 19.1. The van der Waals surface area contributed by atoms with Crippen molar-refractivity contribution < 1.29 is 14.3 Å². The number of aromatic nitrogens is 2. The first kappa shape index (κ1) is 24.3. The third-order valence-corrected chi connectivity index (χ3v) is 4.38. The Morgan fingerprint density at radius 3 is 2.00 bits per heavy atom. The number of carbonyl (C=O) groups is 1. The predicted molar refractivity (Wildman–Crippen MR) is 114 cm³/mol. The zero-order valence-electron chi connectivity index (χ0n) is 19.2. The maximum atomic E-state index is 14.7. The Hall–Kier alpha value is -1.75. The van der Waals surface area contributed by atoms with Crippen molar-refractivity contribution in [2.24, 2.45) is 5.41 Å². The summed E-state index contributed by atoms with van der Waals surface area (Å²) in [5.74, 6) is 0.748. The van der Waals surface area contributed by atoms with Gasteiger partial charge in [-0.3, -0.25) is 4.79 Å². The first-order chi connectivity index (χ1) is 12.5. The van der Waals surface area contributed by atoms with E-state index < -0.39 is 5.60 Å². The second-order valence-corrected chi connectivity index (χ2v) is 10.1. The molecule has 2 rings (SSSR count). The van der Waals surface area contributed by atoms with Crippen LogP contribution in [0.3, 0.4) is 0 Å². The second-order valence-electron chi connectivity index (χ2n) is 10.1. The van der Waals surface area contributed by atoms with Crippen LogP contribution >= 0.6 is 0 Å². The molecule has 0 atom stereocenters. The number of aliphatic hydroxyl groups is 1. The fraction of sp³-hybridized carbons (Fsp3) is 0.652. The van der Waals surface area contributed by atoms with Crippen LogP contribution in [-0.2, 0) is 15.9 Å². The van der Waals surface area contributed by atoms with Crippen LogP contribution in [0.5, 0.6) is 0 Å². The lowest BCUT2D eigenvalue weighted by atomic mass is 9.89. The van der Waals surface area contributed by atoms with Crippen LogP contribution in [0, 0.1) is 18.2 Å². The van der Waals surface area contributed by atoms with Crippen LogP contribution in [0.4, 0.5) is 4.39 Å². The number of aryl methyl sites for hydroxylation is 1. The van der Waals surface area contributed by atoms with Crippen LogP contribution in [0.15, 0.2) is 12.1 Å². The molecule has 0 aliphatic heterocycles. The van der Waals surface area contributed by atoms with Crippen molar-refractivity contribution in [3.8, 4) is 0 Å². The Balaban J connectivity index is 0.000000370. The minimum atomic E-state index is -1.21. The maximum absolute atomic E-state index is 14.7. The van der Waals surface area contributed by atoms with E-state index >= 15 is 0 Å². The van der Waals surface area contributed by atoms with E-state index in [0.29, 0.717) is 35.2 Å². The van der Waals surface area contributed by atoms with Gasteiger partial charge in [-0.25, -0.2) is 9.37 Å². The molecule has 1 heterocycles. The molecule has 4 nitrogen and oxygen atoms in total. The molecule has 0 fully saturated rings. The number of rotatable bonds is 3. The molecule has 28 heavy (non-hydrogen) atoms. The third-order valence-electron chi connectivity index (χ3n) is 4.38. The first-order valence-corrected chi connectivity index (χ1v) is 9.91. The van der Waals surface area contributed by atoms with E-state index in [1.807, 2.05) is 39.2 Å². The van der Waals surface area contributed by atoms with Crippen LogP contribution < -0.4 is 0 Å². The quantitative estimate of drug-likeness (QED) is 0.711. The summed E-state index contributed by atoms with van der Waals surface area (Å²) in [6, 6.07) is 3.37. The standard InChI is InChI=1S/C15H21FN2O.C8H16O/c1-9-17-11-8-7-10(15(5,6)19)12(16)13(11)18(9)14(2,3)4;1-5-7(9)6-8(2,3)4/h7-8,19H,1-6H3;5-6H2,1-4H3. The van der Waals surface area contributed by atoms with E-state index in [9.17, 15) is 14.3 Å². The second kappa shape index (κ2) is 8.32. The summed E-state index contributed by atoms with van der Waals surface area (Å²) in [6.07, 6.45) is 1.39. The molecule has 0 amide bonds. The summed E-state index contributed by atoms with van der Waals surface area (Å²) >= 11 is 0.